The molecule has 41 heavy (non-hydrogen) atoms. The van der Waals surface area contributed by atoms with Gasteiger partial charge in [0.1, 0.15) is 6.54 Å². The number of carbonyl (C=O) groups excluding carboxylic acids is 2. The predicted octanol–water partition coefficient (Wildman–Crippen LogP) is 3.25. The van der Waals surface area contributed by atoms with Crippen LogP contribution in [0.1, 0.15) is 55.3 Å². The molecule has 11 nitrogen and oxygen atoms in total. The van der Waals surface area contributed by atoms with Gasteiger partial charge in [0, 0.05) is 50.1 Å². The van der Waals surface area contributed by atoms with Crippen LogP contribution in [-0.4, -0.2) is 79.9 Å². The van der Waals surface area contributed by atoms with Crippen molar-refractivity contribution < 1.29 is 38.4 Å². The molecule has 2 aromatic rings. The molecule has 5 rings (SSSR count). The number of hydrogen-bond donors (Lipinski definition) is 3. The Bertz CT molecular complexity index is 1140. The van der Waals surface area contributed by atoms with E-state index < -0.39 is 24.1 Å². The first-order valence-corrected chi connectivity index (χ1v) is 14.3. The Kier molecular flexibility index (Phi) is 9.86. The van der Waals surface area contributed by atoms with Crippen LogP contribution in [0, 0.1) is 0 Å². The number of nitrogens with zero attached hydrogens (tertiary/aromatic N) is 1. The summed E-state index contributed by atoms with van der Waals surface area (Å²) < 4.78 is 29.5. The van der Waals surface area contributed by atoms with Gasteiger partial charge in [-0.1, -0.05) is 36.4 Å². The lowest BCUT2D eigenvalue weighted by molar-refractivity contribution is -0.255. The van der Waals surface area contributed by atoms with Crippen LogP contribution in [0.15, 0.2) is 48.5 Å². The molecule has 3 atom stereocenters. The van der Waals surface area contributed by atoms with Crippen molar-refractivity contribution in [3.8, 4) is 0 Å². The summed E-state index contributed by atoms with van der Waals surface area (Å²) in [6.07, 6.45) is 1.53. The van der Waals surface area contributed by atoms with E-state index >= 15 is 0 Å². The average Bonchev–Trinajstić information content (AvgIpc) is 3.46. The Morgan fingerprint density at radius 1 is 1.00 bits per heavy atom. The molecule has 3 heterocycles. The molecule has 0 saturated carbocycles. The van der Waals surface area contributed by atoms with E-state index in [1.807, 2.05) is 36.4 Å². The molecule has 0 aromatic heterocycles. The SMILES string of the molecule is CCOC(=O)CNC(=O)Nc1ccc(C2OC(CN3CCC4(CC3)OCCO4)CC(c3ccc(CO)cc3)O2)cc1. The summed E-state index contributed by atoms with van der Waals surface area (Å²) in [6, 6.07) is 14.6. The number of aliphatic hydroxyl groups excluding tert-OH is 1. The molecule has 0 bridgehead atoms. The van der Waals surface area contributed by atoms with Crippen LogP contribution in [-0.2, 0) is 35.1 Å². The molecule has 2 aromatic carbocycles. The highest BCUT2D eigenvalue weighted by molar-refractivity contribution is 5.91. The van der Waals surface area contributed by atoms with Crippen molar-refractivity contribution in [1.82, 2.24) is 10.2 Å². The molecule has 222 valence electrons. The number of piperidine rings is 1. The summed E-state index contributed by atoms with van der Waals surface area (Å²) in [5, 5.41) is 14.6. The Balaban J connectivity index is 1.23. The number of anilines is 1. The van der Waals surface area contributed by atoms with Crippen LogP contribution in [0.4, 0.5) is 10.5 Å². The minimum atomic E-state index is -0.597. The van der Waals surface area contributed by atoms with Gasteiger partial charge in [0.05, 0.1) is 38.6 Å². The zero-order valence-corrected chi connectivity index (χ0v) is 23.4. The zero-order valence-electron chi connectivity index (χ0n) is 23.4. The fourth-order valence-electron chi connectivity index (χ4n) is 5.45. The monoisotopic (exact) mass is 569 g/mol. The average molecular weight is 570 g/mol. The van der Waals surface area contributed by atoms with Gasteiger partial charge in [0.25, 0.3) is 0 Å². The van der Waals surface area contributed by atoms with E-state index in [1.54, 1.807) is 19.1 Å². The third-order valence-electron chi connectivity index (χ3n) is 7.65. The third-order valence-corrected chi connectivity index (χ3v) is 7.65. The zero-order chi connectivity index (χ0) is 28.7. The first-order valence-electron chi connectivity index (χ1n) is 14.3. The van der Waals surface area contributed by atoms with Gasteiger partial charge >= 0.3 is 12.0 Å². The molecule has 3 aliphatic rings. The highest BCUT2D eigenvalue weighted by Crippen LogP contribution is 2.39. The lowest BCUT2D eigenvalue weighted by atomic mass is 9.98. The maximum atomic E-state index is 12.2. The van der Waals surface area contributed by atoms with Crippen LogP contribution >= 0.6 is 0 Å². The molecule has 11 heteroatoms. The van der Waals surface area contributed by atoms with Gasteiger partial charge in [-0.3, -0.25) is 4.79 Å². The molecule has 0 radical (unpaired) electrons. The van der Waals surface area contributed by atoms with Gasteiger partial charge in [-0.15, -0.1) is 0 Å². The topological polar surface area (TPSA) is 128 Å². The molecule has 3 N–H and O–H groups in total. The standard InChI is InChI=1S/C30H39N3O8/c1-2-37-27(35)18-31-29(36)32-24-9-7-23(8-10-24)28-40-25(17-26(41-28)22-5-3-21(20-34)4-6-22)19-33-13-11-30(12-14-33)38-15-16-39-30/h3-10,25-26,28,34H,2,11-20H2,1H3,(H2,31,32,36). The summed E-state index contributed by atoms with van der Waals surface area (Å²) in [6.45, 7) is 5.59. The van der Waals surface area contributed by atoms with Gasteiger partial charge in [-0.2, -0.15) is 0 Å². The number of hydrogen-bond acceptors (Lipinski definition) is 9. The van der Waals surface area contributed by atoms with E-state index in [0.717, 1.165) is 49.2 Å². The van der Waals surface area contributed by atoms with E-state index in [4.69, 9.17) is 23.7 Å². The normalized spacial score (nSPS) is 24.2. The maximum absolute atomic E-state index is 12.2. The van der Waals surface area contributed by atoms with Gasteiger partial charge in [-0.05, 0) is 30.2 Å². The fourth-order valence-corrected chi connectivity index (χ4v) is 5.45. The number of esters is 1. The van der Waals surface area contributed by atoms with Crippen LogP contribution in [0.2, 0.25) is 0 Å². The largest absolute Gasteiger partial charge is 0.465 e. The van der Waals surface area contributed by atoms with Crippen molar-refractivity contribution in [3.05, 3.63) is 65.2 Å². The number of likely N-dealkylation sites (tertiary alicyclic amines) is 1. The first kappa shape index (κ1) is 29.4. The highest BCUT2D eigenvalue weighted by Gasteiger charge is 2.41. The van der Waals surface area contributed by atoms with Crippen molar-refractivity contribution in [1.29, 1.82) is 0 Å². The first-order chi connectivity index (χ1) is 19.9. The fraction of sp³-hybridized carbons (Fsp3) is 0.533. The molecule has 2 amide bonds. The molecule has 0 aliphatic carbocycles. The maximum Gasteiger partial charge on any atom is 0.325 e. The van der Waals surface area contributed by atoms with Crippen LogP contribution in [0.25, 0.3) is 0 Å². The Hall–Kier alpha value is -3.06. The quantitative estimate of drug-likeness (QED) is 0.390. The van der Waals surface area contributed by atoms with Crippen molar-refractivity contribution in [2.75, 3.05) is 51.3 Å². The van der Waals surface area contributed by atoms with E-state index in [9.17, 15) is 14.7 Å². The smallest absolute Gasteiger partial charge is 0.325 e. The summed E-state index contributed by atoms with van der Waals surface area (Å²) in [5.41, 5.74) is 3.27. The van der Waals surface area contributed by atoms with Crippen molar-refractivity contribution in [2.24, 2.45) is 0 Å². The van der Waals surface area contributed by atoms with E-state index in [-0.39, 0.29) is 32.0 Å². The molecular weight excluding hydrogens is 530 g/mol. The lowest BCUT2D eigenvalue weighted by Gasteiger charge is -2.41. The number of benzene rings is 2. The third kappa shape index (κ3) is 7.82. The second kappa shape index (κ2) is 13.7. The van der Waals surface area contributed by atoms with Crippen LogP contribution < -0.4 is 10.6 Å². The van der Waals surface area contributed by atoms with Gasteiger partial charge in [0.15, 0.2) is 12.1 Å². The summed E-state index contributed by atoms with van der Waals surface area (Å²) in [4.78, 5) is 26.0. The van der Waals surface area contributed by atoms with Gasteiger partial charge in [-0.25, -0.2) is 4.79 Å². The van der Waals surface area contributed by atoms with Crippen LogP contribution in [0.5, 0.6) is 0 Å². The van der Waals surface area contributed by atoms with E-state index in [2.05, 4.69) is 15.5 Å². The molecule has 3 unspecified atom stereocenters. The second-order valence-electron chi connectivity index (χ2n) is 10.5. The Morgan fingerprint density at radius 3 is 2.34 bits per heavy atom. The van der Waals surface area contributed by atoms with E-state index in [0.29, 0.717) is 25.3 Å². The summed E-state index contributed by atoms with van der Waals surface area (Å²) in [5.74, 6) is -0.915. The van der Waals surface area contributed by atoms with Crippen molar-refractivity contribution >= 4 is 17.7 Å². The van der Waals surface area contributed by atoms with Gasteiger partial charge < -0.3 is 44.3 Å². The van der Waals surface area contributed by atoms with Gasteiger partial charge in [0.2, 0.25) is 0 Å². The van der Waals surface area contributed by atoms with Crippen molar-refractivity contribution in [2.45, 2.75) is 57.1 Å². The molecule has 3 aliphatic heterocycles. The minimum Gasteiger partial charge on any atom is -0.465 e. The number of aliphatic hydroxyl groups is 1. The highest BCUT2D eigenvalue weighted by atomic mass is 16.7. The second-order valence-corrected chi connectivity index (χ2v) is 10.5. The number of urea groups is 1. The Morgan fingerprint density at radius 2 is 1.68 bits per heavy atom. The summed E-state index contributed by atoms with van der Waals surface area (Å²) >= 11 is 0. The van der Waals surface area contributed by atoms with Crippen LogP contribution in [0.3, 0.4) is 0 Å². The molecule has 3 fully saturated rings. The molecule has 1 spiro atoms. The number of rotatable bonds is 9. The number of amides is 2. The molecular formula is C30H39N3O8. The summed E-state index contributed by atoms with van der Waals surface area (Å²) in [7, 11) is 0. The lowest BCUT2D eigenvalue weighted by Crippen LogP contribution is -2.48. The van der Waals surface area contributed by atoms with E-state index in [1.165, 1.54) is 0 Å². The number of carbonyl (C=O) groups is 2. The Labute approximate surface area is 240 Å². The van der Waals surface area contributed by atoms with Crippen molar-refractivity contribution in [3.63, 3.8) is 0 Å². The number of nitrogens with one attached hydrogen (secondary N) is 2. The predicted molar refractivity (Wildman–Crippen MR) is 149 cm³/mol. The number of ether oxygens (including phenoxy) is 5. The minimum absolute atomic E-state index is 0.00865. The molecule has 3 saturated heterocycles.